The summed E-state index contributed by atoms with van der Waals surface area (Å²) in [7, 11) is 2.52. The number of carboxylic acids is 1. The minimum atomic E-state index is -0.986. The first-order chi connectivity index (χ1) is 9.38. The molecule has 1 rings (SSSR count). The highest BCUT2D eigenvalue weighted by molar-refractivity contribution is 5.97. The van der Waals surface area contributed by atoms with E-state index in [4.69, 9.17) is 9.84 Å². The van der Waals surface area contributed by atoms with Crippen LogP contribution in [0.25, 0.3) is 0 Å². The number of carboxylic acid groups (broad SMARTS) is 1. The number of ether oxygens (including phenoxy) is 1. The van der Waals surface area contributed by atoms with E-state index in [2.05, 4.69) is 0 Å². The number of methoxy groups -OCH3 is 1. The Morgan fingerprint density at radius 1 is 1.30 bits per heavy atom. The van der Waals surface area contributed by atoms with Gasteiger partial charge in [0.1, 0.15) is 11.4 Å². The van der Waals surface area contributed by atoms with E-state index in [1.54, 1.807) is 0 Å². The van der Waals surface area contributed by atoms with Crippen LogP contribution >= 0.6 is 0 Å². The van der Waals surface area contributed by atoms with Crippen molar-refractivity contribution in [2.24, 2.45) is 0 Å². The molecule has 7 heteroatoms. The van der Waals surface area contributed by atoms with Crippen LogP contribution in [0.3, 0.4) is 0 Å². The van der Waals surface area contributed by atoms with Crippen LogP contribution in [0.4, 0.5) is 8.78 Å². The molecule has 1 N–H and O–H groups in total. The van der Waals surface area contributed by atoms with E-state index < -0.39 is 34.8 Å². The van der Waals surface area contributed by atoms with Gasteiger partial charge in [-0.15, -0.1) is 0 Å². The predicted molar refractivity (Wildman–Crippen MR) is 66.7 cm³/mol. The van der Waals surface area contributed by atoms with Gasteiger partial charge in [0.05, 0.1) is 7.11 Å². The molecule has 1 amide bonds. The average Bonchev–Trinajstić information content (AvgIpc) is 2.39. The van der Waals surface area contributed by atoms with Gasteiger partial charge in [-0.1, -0.05) is 0 Å². The summed E-state index contributed by atoms with van der Waals surface area (Å²) in [6.45, 7) is 0.115. The number of rotatable bonds is 6. The first kappa shape index (κ1) is 15.9. The molecule has 0 heterocycles. The maximum absolute atomic E-state index is 13.7. The van der Waals surface area contributed by atoms with Gasteiger partial charge in [0, 0.05) is 20.0 Å². The Bertz CT molecular complexity index is 519. The summed E-state index contributed by atoms with van der Waals surface area (Å²) in [6, 6.07) is 1.71. The fourth-order valence-electron chi connectivity index (χ4n) is 1.69. The zero-order chi connectivity index (χ0) is 15.3. The molecule has 0 unspecified atom stereocenters. The van der Waals surface area contributed by atoms with Crippen LogP contribution in [-0.4, -0.2) is 42.6 Å². The lowest BCUT2D eigenvalue weighted by atomic mass is 10.1. The largest absolute Gasteiger partial charge is 0.493 e. The first-order valence-corrected chi connectivity index (χ1v) is 5.87. The van der Waals surface area contributed by atoms with Crippen molar-refractivity contribution in [1.29, 1.82) is 0 Å². The summed E-state index contributed by atoms with van der Waals surface area (Å²) in [5.74, 6) is -3.93. The summed E-state index contributed by atoms with van der Waals surface area (Å²) >= 11 is 0. The second-order valence-electron chi connectivity index (χ2n) is 4.16. The lowest BCUT2D eigenvalue weighted by Crippen LogP contribution is -2.29. The minimum Gasteiger partial charge on any atom is -0.493 e. The molecule has 0 saturated heterocycles. The van der Waals surface area contributed by atoms with Crippen LogP contribution in [0, 0.1) is 11.6 Å². The Kier molecular flexibility index (Phi) is 5.42. The Balaban J connectivity index is 2.91. The quantitative estimate of drug-likeness (QED) is 0.868. The summed E-state index contributed by atoms with van der Waals surface area (Å²) in [5, 5.41) is 8.51. The number of benzene rings is 1. The summed E-state index contributed by atoms with van der Waals surface area (Å²) in [4.78, 5) is 23.6. The van der Waals surface area contributed by atoms with Gasteiger partial charge in [0.2, 0.25) is 0 Å². The number of amides is 1. The minimum absolute atomic E-state index is 0.111. The summed E-state index contributed by atoms with van der Waals surface area (Å²) < 4.78 is 31.9. The number of halogens is 2. The topological polar surface area (TPSA) is 66.8 Å². The SMILES string of the molecule is COc1c(F)ccc(F)c1C(=O)N(C)CCCC(=O)O. The number of aliphatic carboxylic acids is 1. The number of hydrogen-bond donors (Lipinski definition) is 1. The lowest BCUT2D eigenvalue weighted by Gasteiger charge is -2.18. The number of nitrogens with zero attached hydrogens (tertiary/aromatic N) is 1. The van der Waals surface area contributed by atoms with E-state index in [0.717, 1.165) is 24.1 Å². The van der Waals surface area contributed by atoms with E-state index in [9.17, 15) is 18.4 Å². The molecule has 20 heavy (non-hydrogen) atoms. The van der Waals surface area contributed by atoms with Crippen molar-refractivity contribution in [3.63, 3.8) is 0 Å². The molecule has 0 aliphatic carbocycles. The third-order valence-corrected chi connectivity index (χ3v) is 2.71. The van der Waals surface area contributed by atoms with Crippen molar-refractivity contribution in [3.05, 3.63) is 29.3 Å². The van der Waals surface area contributed by atoms with Gasteiger partial charge in [-0.05, 0) is 18.6 Å². The van der Waals surface area contributed by atoms with Gasteiger partial charge in [-0.3, -0.25) is 9.59 Å². The molecule has 0 aromatic heterocycles. The Hall–Kier alpha value is -2.18. The molecule has 0 fully saturated rings. The van der Waals surface area contributed by atoms with Crippen LogP contribution < -0.4 is 4.74 Å². The predicted octanol–water partition coefficient (Wildman–Crippen LogP) is 1.91. The van der Waals surface area contributed by atoms with Crippen molar-refractivity contribution >= 4 is 11.9 Å². The maximum atomic E-state index is 13.7. The second kappa shape index (κ2) is 6.83. The molecule has 0 aliphatic heterocycles. The number of carbonyl (C=O) groups is 2. The third kappa shape index (κ3) is 3.66. The van der Waals surface area contributed by atoms with Crippen LogP contribution in [-0.2, 0) is 4.79 Å². The molecule has 0 bridgehead atoms. The third-order valence-electron chi connectivity index (χ3n) is 2.71. The molecule has 0 aliphatic rings. The fourth-order valence-corrected chi connectivity index (χ4v) is 1.69. The van der Waals surface area contributed by atoms with Gasteiger partial charge in [-0.2, -0.15) is 0 Å². The monoisotopic (exact) mass is 287 g/mol. The van der Waals surface area contributed by atoms with Crippen LogP contribution in [0.15, 0.2) is 12.1 Å². The van der Waals surface area contributed by atoms with Crippen LogP contribution in [0.1, 0.15) is 23.2 Å². The molecule has 110 valence electrons. The van der Waals surface area contributed by atoms with E-state index in [0.29, 0.717) is 0 Å². The van der Waals surface area contributed by atoms with Crippen molar-refractivity contribution < 1.29 is 28.2 Å². The molecular weight excluding hydrogens is 272 g/mol. The van der Waals surface area contributed by atoms with E-state index >= 15 is 0 Å². The van der Waals surface area contributed by atoms with Crippen molar-refractivity contribution in [3.8, 4) is 5.75 Å². The van der Waals surface area contributed by atoms with E-state index in [-0.39, 0.29) is 19.4 Å². The highest BCUT2D eigenvalue weighted by Gasteiger charge is 2.24. The molecule has 1 aromatic rings. The van der Waals surface area contributed by atoms with E-state index in [1.165, 1.54) is 7.05 Å². The standard InChI is InChI=1S/C13H15F2NO4/c1-16(7-3-4-10(17)18)13(19)11-8(14)5-6-9(15)12(11)20-2/h5-6H,3-4,7H2,1-2H3,(H,17,18). The maximum Gasteiger partial charge on any atom is 0.303 e. The molecular formula is C13H15F2NO4. The zero-order valence-corrected chi connectivity index (χ0v) is 11.2. The van der Waals surface area contributed by atoms with Crippen molar-refractivity contribution in [2.45, 2.75) is 12.8 Å². The van der Waals surface area contributed by atoms with Crippen molar-refractivity contribution in [2.75, 3.05) is 20.7 Å². The molecule has 0 radical (unpaired) electrons. The highest BCUT2D eigenvalue weighted by Crippen LogP contribution is 2.26. The van der Waals surface area contributed by atoms with Crippen molar-refractivity contribution in [1.82, 2.24) is 4.90 Å². The normalized spacial score (nSPS) is 10.2. The van der Waals surface area contributed by atoms with E-state index in [1.807, 2.05) is 0 Å². The van der Waals surface area contributed by atoms with Gasteiger partial charge < -0.3 is 14.7 Å². The molecule has 1 aromatic carbocycles. The molecule has 0 spiro atoms. The Morgan fingerprint density at radius 3 is 2.45 bits per heavy atom. The molecule has 0 saturated carbocycles. The number of carbonyl (C=O) groups excluding carboxylic acids is 1. The smallest absolute Gasteiger partial charge is 0.303 e. The molecule has 5 nitrogen and oxygen atoms in total. The fraction of sp³-hybridized carbons (Fsp3) is 0.385. The number of hydrogen-bond acceptors (Lipinski definition) is 3. The van der Waals surface area contributed by atoms with Crippen LogP contribution in [0.2, 0.25) is 0 Å². The van der Waals surface area contributed by atoms with Crippen LogP contribution in [0.5, 0.6) is 5.75 Å². The average molecular weight is 287 g/mol. The first-order valence-electron chi connectivity index (χ1n) is 5.87. The second-order valence-corrected chi connectivity index (χ2v) is 4.16. The summed E-state index contributed by atoms with van der Waals surface area (Å²) in [6.07, 6.45) is 0.108. The van der Waals surface area contributed by atoms with Gasteiger partial charge >= 0.3 is 5.97 Å². The molecule has 0 atom stereocenters. The van der Waals surface area contributed by atoms with Gasteiger partial charge in [0.25, 0.3) is 5.91 Å². The van der Waals surface area contributed by atoms with Gasteiger partial charge in [-0.25, -0.2) is 8.78 Å². The Morgan fingerprint density at radius 2 is 1.90 bits per heavy atom. The summed E-state index contributed by atoms with van der Waals surface area (Å²) in [5.41, 5.74) is -0.495. The highest BCUT2D eigenvalue weighted by atomic mass is 19.1. The van der Waals surface area contributed by atoms with Gasteiger partial charge in [0.15, 0.2) is 11.6 Å². The Labute approximate surface area is 114 Å². The zero-order valence-electron chi connectivity index (χ0n) is 11.2. The lowest BCUT2D eigenvalue weighted by molar-refractivity contribution is -0.137.